The molecule has 0 fully saturated rings. The number of benzene rings is 1. The molecule has 0 aromatic heterocycles. The summed E-state index contributed by atoms with van der Waals surface area (Å²) in [5.41, 5.74) is 6.19. The third-order valence-corrected chi connectivity index (χ3v) is 3.02. The number of carbonyl (C=O) groups excluding carboxylic acids is 1. The minimum Gasteiger partial charge on any atom is -0.352 e. The van der Waals surface area contributed by atoms with E-state index in [0.717, 1.165) is 6.42 Å². The van der Waals surface area contributed by atoms with E-state index in [0.29, 0.717) is 11.8 Å². The summed E-state index contributed by atoms with van der Waals surface area (Å²) in [6.45, 7) is 4.94. The van der Waals surface area contributed by atoms with Crippen LogP contribution in [0.3, 0.4) is 0 Å². The predicted octanol–water partition coefficient (Wildman–Crippen LogP) is 2.40. The Balaban J connectivity index is 2.42. The highest BCUT2D eigenvalue weighted by atomic mass is 32.2. The number of carbonyl (C=O) groups is 1. The van der Waals surface area contributed by atoms with Gasteiger partial charge in [0.1, 0.15) is 0 Å². The number of hydrogen-bond donors (Lipinski definition) is 2. The van der Waals surface area contributed by atoms with E-state index in [1.165, 1.54) is 10.5 Å². The summed E-state index contributed by atoms with van der Waals surface area (Å²) in [7, 11) is 0. The Kier molecular flexibility index (Phi) is 5.19. The molecule has 0 bridgehead atoms. The smallest absolute Gasteiger partial charge is 0.312 e. The maximum absolute atomic E-state index is 10.5. The molecule has 0 aliphatic heterocycles. The highest BCUT2D eigenvalue weighted by molar-refractivity contribution is 7.99. The summed E-state index contributed by atoms with van der Waals surface area (Å²) in [5.74, 6) is 0. The molecular weight excluding hydrogens is 220 g/mol. The molecule has 0 radical (unpaired) electrons. The molecule has 0 heterocycles. The molecular formula is C12H18N2OS. The van der Waals surface area contributed by atoms with Gasteiger partial charge in [-0.1, -0.05) is 26.0 Å². The first-order chi connectivity index (χ1) is 7.58. The van der Waals surface area contributed by atoms with Gasteiger partial charge in [-0.2, -0.15) is 0 Å². The number of primary amides is 1. The van der Waals surface area contributed by atoms with Crippen molar-refractivity contribution in [1.82, 2.24) is 5.32 Å². The minimum atomic E-state index is -0.466. The number of nitrogens with two attached hydrogens (primary N) is 1. The van der Waals surface area contributed by atoms with Crippen molar-refractivity contribution in [3.05, 3.63) is 29.8 Å². The topological polar surface area (TPSA) is 55.1 Å². The van der Waals surface area contributed by atoms with E-state index in [4.69, 9.17) is 5.73 Å². The van der Waals surface area contributed by atoms with Crippen LogP contribution in [0, 0.1) is 0 Å². The van der Waals surface area contributed by atoms with Crippen LogP contribution in [0.1, 0.15) is 19.4 Å². The summed E-state index contributed by atoms with van der Waals surface area (Å²) in [5, 5.41) is 3.17. The second-order valence-electron chi connectivity index (χ2n) is 3.85. The molecule has 1 rings (SSSR count). The van der Waals surface area contributed by atoms with Crippen molar-refractivity contribution in [1.29, 1.82) is 0 Å². The summed E-state index contributed by atoms with van der Waals surface area (Å²) < 4.78 is 0. The van der Waals surface area contributed by atoms with E-state index < -0.39 is 6.03 Å². The van der Waals surface area contributed by atoms with Crippen LogP contribution in [0.25, 0.3) is 0 Å². The molecule has 0 spiro atoms. The monoisotopic (exact) mass is 238 g/mol. The SMILES string of the molecule is CC(C)Sc1ccc(CCNC(N)=O)cc1. The van der Waals surface area contributed by atoms with E-state index in [-0.39, 0.29) is 0 Å². The Morgan fingerprint density at radius 3 is 2.50 bits per heavy atom. The quantitative estimate of drug-likeness (QED) is 0.774. The van der Waals surface area contributed by atoms with Crippen molar-refractivity contribution in [3.63, 3.8) is 0 Å². The van der Waals surface area contributed by atoms with Crippen molar-refractivity contribution in [2.75, 3.05) is 6.54 Å². The number of rotatable bonds is 5. The lowest BCUT2D eigenvalue weighted by atomic mass is 10.1. The first-order valence-corrected chi connectivity index (χ1v) is 6.25. The first-order valence-electron chi connectivity index (χ1n) is 5.37. The highest BCUT2D eigenvalue weighted by Crippen LogP contribution is 2.22. The summed E-state index contributed by atoms with van der Waals surface area (Å²) >= 11 is 1.85. The largest absolute Gasteiger partial charge is 0.352 e. The van der Waals surface area contributed by atoms with Crippen LogP contribution in [-0.2, 0) is 6.42 Å². The van der Waals surface area contributed by atoms with Crippen LogP contribution >= 0.6 is 11.8 Å². The lowest BCUT2D eigenvalue weighted by Crippen LogP contribution is -2.30. The van der Waals surface area contributed by atoms with Gasteiger partial charge in [0.15, 0.2) is 0 Å². The van der Waals surface area contributed by atoms with Gasteiger partial charge >= 0.3 is 6.03 Å². The maximum Gasteiger partial charge on any atom is 0.312 e. The van der Waals surface area contributed by atoms with Crippen molar-refractivity contribution in [3.8, 4) is 0 Å². The molecule has 0 aliphatic carbocycles. The van der Waals surface area contributed by atoms with Crippen molar-refractivity contribution >= 4 is 17.8 Å². The predicted molar refractivity (Wildman–Crippen MR) is 68.7 cm³/mol. The molecule has 3 nitrogen and oxygen atoms in total. The lowest BCUT2D eigenvalue weighted by molar-refractivity contribution is 0.249. The molecule has 4 heteroatoms. The van der Waals surface area contributed by atoms with Gasteiger partial charge in [-0.15, -0.1) is 11.8 Å². The van der Waals surface area contributed by atoms with E-state index >= 15 is 0 Å². The molecule has 1 aromatic carbocycles. The van der Waals surface area contributed by atoms with Crippen molar-refractivity contribution in [2.45, 2.75) is 30.4 Å². The lowest BCUT2D eigenvalue weighted by Gasteiger charge is -2.06. The summed E-state index contributed by atoms with van der Waals surface area (Å²) in [6, 6.07) is 7.95. The van der Waals surface area contributed by atoms with Crippen LogP contribution in [0.4, 0.5) is 4.79 Å². The van der Waals surface area contributed by atoms with E-state index in [2.05, 4.69) is 43.4 Å². The summed E-state index contributed by atoms with van der Waals surface area (Å²) in [4.78, 5) is 11.8. The Morgan fingerprint density at radius 2 is 2.00 bits per heavy atom. The van der Waals surface area contributed by atoms with Crippen LogP contribution in [0.15, 0.2) is 29.2 Å². The average Bonchev–Trinajstić information content (AvgIpc) is 2.19. The average molecular weight is 238 g/mol. The zero-order chi connectivity index (χ0) is 12.0. The molecule has 0 saturated heterocycles. The van der Waals surface area contributed by atoms with E-state index in [1.807, 2.05) is 11.8 Å². The number of amides is 2. The number of thioether (sulfide) groups is 1. The third-order valence-electron chi connectivity index (χ3n) is 2.01. The van der Waals surface area contributed by atoms with Gasteiger partial charge in [0.05, 0.1) is 0 Å². The first kappa shape index (κ1) is 12.9. The van der Waals surface area contributed by atoms with Gasteiger partial charge < -0.3 is 11.1 Å². The standard InChI is InChI=1S/C12H18N2OS/c1-9(2)16-11-5-3-10(4-6-11)7-8-14-12(13)15/h3-6,9H,7-8H2,1-2H3,(H3,13,14,15). The molecule has 1 aromatic rings. The molecule has 0 unspecified atom stereocenters. The molecule has 3 N–H and O–H groups in total. The summed E-state index contributed by atoms with van der Waals surface area (Å²) in [6.07, 6.45) is 0.815. The Bertz CT molecular complexity index is 335. The maximum atomic E-state index is 10.5. The Hall–Kier alpha value is -1.16. The molecule has 2 amide bonds. The fourth-order valence-corrected chi connectivity index (χ4v) is 2.17. The zero-order valence-electron chi connectivity index (χ0n) is 9.69. The minimum absolute atomic E-state index is 0.466. The zero-order valence-corrected chi connectivity index (χ0v) is 10.5. The molecule has 0 saturated carbocycles. The molecule has 88 valence electrons. The van der Waals surface area contributed by atoms with Gasteiger partial charge in [-0.05, 0) is 24.1 Å². The molecule has 0 atom stereocenters. The van der Waals surface area contributed by atoms with Gasteiger partial charge in [0.2, 0.25) is 0 Å². The normalized spacial score (nSPS) is 10.4. The molecule has 16 heavy (non-hydrogen) atoms. The second kappa shape index (κ2) is 6.43. The number of nitrogens with one attached hydrogen (secondary N) is 1. The van der Waals surface area contributed by atoms with Crippen molar-refractivity contribution in [2.24, 2.45) is 5.73 Å². The molecule has 0 aliphatic rings. The highest BCUT2D eigenvalue weighted by Gasteiger charge is 1.99. The number of urea groups is 1. The van der Waals surface area contributed by atoms with Gasteiger partial charge in [0, 0.05) is 16.7 Å². The van der Waals surface area contributed by atoms with Gasteiger partial charge in [0.25, 0.3) is 0 Å². The fraction of sp³-hybridized carbons (Fsp3) is 0.417. The number of hydrogen-bond acceptors (Lipinski definition) is 2. The van der Waals surface area contributed by atoms with Gasteiger partial charge in [-0.25, -0.2) is 4.79 Å². The van der Waals surface area contributed by atoms with Gasteiger partial charge in [-0.3, -0.25) is 0 Å². The third kappa shape index (κ3) is 5.07. The van der Waals surface area contributed by atoms with Crippen LogP contribution in [0.5, 0.6) is 0 Å². The Labute approximate surface area is 101 Å². The van der Waals surface area contributed by atoms with E-state index in [1.54, 1.807) is 0 Å². The van der Waals surface area contributed by atoms with Crippen LogP contribution in [-0.4, -0.2) is 17.8 Å². The van der Waals surface area contributed by atoms with E-state index in [9.17, 15) is 4.79 Å². The Morgan fingerprint density at radius 1 is 1.38 bits per heavy atom. The van der Waals surface area contributed by atoms with Crippen molar-refractivity contribution < 1.29 is 4.79 Å². The fourth-order valence-electron chi connectivity index (χ4n) is 1.34. The second-order valence-corrected chi connectivity index (χ2v) is 5.50. The van der Waals surface area contributed by atoms with Crippen LogP contribution in [0.2, 0.25) is 0 Å². The van der Waals surface area contributed by atoms with Crippen LogP contribution < -0.4 is 11.1 Å².